The maximum absolute atomic E-state index is 15.6. The number of hydrogen-bond acceptors (Lipinski definition) is 7. The Morgan fingerprint density at radius 2 is 1.92 bits per heavy atom. The summed E-state index contributed by atoms with van der Waals surface area (Å²) in [4.78, 5) is 3.61. The number of hydrazine groups is 1. The number of halogens is 5. The van der Waals surface area contributed by atoms with Gasteiger partial charge in [-0.25, -0.2) is 24.1 Å². The number of ether oxygens (including phenoxy) is 1. The number of hydrazone groups is 1. The van der Waals surface area contributed by atoms with Crippen LogP contribution in [0.3, 0.4) is 0 Å². The first-order chi connectivity index (χ1) is 17.0. The standard InChI is InChI=1S/C23H19F5N6O2/c24-16-4-6-18(19(25)8-16)22(35,12-34(31)33-13-30)23(27,28)20-7-5-17(10-32-20)36-11-15-3-1-2-14(9-29)21(15)26/h1-8,10,13,35H,11-12,31H2,(H2,30,33). The first-order valence-electron chi connectivity index (χ1n) is 10.1. The zero-order chi connectivity index (χ0) is 26.5. The largest absolute Gasteiger partial charge is 0.487 e. The van der Waals surface area contributed by atoms with E-state index in [4.69, 9.17) is 21.6 Å². The highest BCUT2D eigenvalue weighted by atomic mass is 19.3. The van der Waals surface area contributed by atoms with Crippen molar-refractivity contribution in [2.24, 2.45) is 16.7 Å². The van der Waals surface area contributed by atoms with Crippen LogP contribution in [0.25, 0.3) is 0 Å². The van der Waals surface area contributed by atoms with E-state index >= 15 is 8.78 Å². The van der Waals surface area contributed by atoms with Gasteiger partial charge in [-0.3, -0.25) is 4.98 Å². The van der Waals surface area contributed by atoms with Gasteiger partial charge in [0, 0.05) is 17.2 Å². The SMILES string of the molecule is N#Cc1cccc(COc2ccc(C(F)(F)C(O)(CN(N)/N=C\N)c3ccc(F)cc3F)nc2)c1F. The van der Waals surface area contributed by atoms with Gasteiger partial charge in [0.1, 0.15) is 47.9 Å². The van der Waals surface area contributed by atoms with Gasteiger partial charge in [0.05, 0.1) is 18.3 Å². The van der Waals surface area contributed by atoms with E-state index in [2.05, 4.69) is 10.1 Å². The zero-order valence-corrected chi connectivity index (χ0v) is 18.4. The summed E-state index contributed by atoms with van der Waals surface area (Å²) in [5.41, 5.74) is -0.393. The van der Waals surface area contributed by atoms with Crippen LogP contribution in [0.15, 0.2) is 59.8 Å². The van der Waals surface area contributed by atoms with Crippen molar-refractivity contribution in [2.45, 2.75) is 18.1 Å². The number of pyridine rings is 1. The van der Waals surface area contributed by atoms with E-state index in [0.717, 1.165) is 18.3 Å². The summed E-state index contributed by atoms with van der Waals surface area (Å²) >= 11 is 0. The maximum atomic E-state index is 15.6. The van der Waals surface area contributed by atoms with Gasteiger partial charge in [-0.15, -0.1) is 0 Å². The number of benzene rings is 2. The average Bonchev–Trinajstić information content (AvgIpc) is 2.83. The second-order valence-corrected chi connectivity index (χ2v) is 7.48. The molecule has 2 aromatic carbocycles. The molecule has 3 rings (SSSR count). The number of nitriles is 1. The van der Waals surface area contributed by atoms with Crippen molar-refractivity contribution in [2.75, 3.05) is 6.54 Å². The Morgan fingerprint density at radius 3 is 2.53 bits per heavy atom. The fraction of sp³-hybridized carbons (Fsp3) is 0.174. The van der Waals surface area contributed by atoms with E-state index in [0.29, 0.717) is 29.7 Å². The van der Waals surface area contributed by atoms with Gasteiger partial charge in [-0.05, 0) is 30.3 Å². The Morgan fingerprint density at radius 1 is 1.17 bits per heavy atom. The molecule has 0 bridgehead atoms. The summed E-state index contributed by atoms with van der Waals surface area (Å²) in [5.74, 6) is -2.14. The molecule has 36 heavy (non-hydrogen) atoms. The van der Waals surface area contributed by atoms with Crippen molar-refractivity contribution in [3.05, 3.63) is 94.6 Å². The van der Waals surface area contributed by atoms with Crippen LogP contribution in [0.4, 0.5) is 22.0 Å². The van der Waals surface area contributed by atoms with Crippen molar-refractivity contribution in [1.29, 1.82) is 5.26 Å². The van der Waals surface area contributed by atoms with Crippen molar-refractivity contribution >= 4 is 6.34 Å². The summed E-state index contributed by atoms with van der Waals surface area (Å²) < 4.78 is 78.7. The van der Waals surface area contributed by atoms with Crippen LogP contribution in [0.2, 0.25) is 0 Å². The molecule has 0 saturated heterocycles. The topological polar surface area (TPSA) is 134 Å². The Balaban J connectivity index is 1.92. The van der Waals surface area contributed by atoms with E-state index in [9.17, 15) is 18.3 Å². The molecule has 1 aromatic heterocycles. The normalized spacial score (nSPS) is 13.3. The molecule has 3 aromatic rings. The average molecular weight is 506 g/mol. The fourth-order valence-electron chi connectivity index (χ4n) is 3.34. The molecule has 8 nitrogen and oxygen atoms in total. The van der Waals surface area contributed by atoms with Crippen LogP contribution in [-0.4, -0.2) is 28.1 Å². The molecule has 5 N–H and O–H groups in total. The summed E-state index contributed by atoms with van der Waals surface area (Å²) in [6, 6.07) is 9.35. The molecule has 0 aliphatic heterocycles. The first-order valence-corrected chi connectivity index (χ1v) is 10.1. The fourth-order valence-corrected chi connectivity index (χ4v) is 3.34. The molecule has 188 valence electrons. The van der Waals surface area contributed by atoms with E-state index in [1.807, 2.05) is 0 Å². The molecule has 1 unspecified atom stereocenters. The summed E-state index contributed by atoms with van der Waals surface area (Å²) in [5, 5.41) is 23.7. The third-order valence-corrected chi connectivity index (χ3v) is 5.15. The highest BCUT2D eigenvalue weighted by Crippen LogP contribution is 2.46. The minimum Gasteiger partial charge on any atom is -0.487 e. The smallest absolute Gasteiger partial charge is 0.323 e. The molecule has 0 radical (unpaired) electrons. The van der Waals surface area contributed by atoms with Gasteiger partial charge in [0.15, 0.2) is 5.60 Å². The molecular weight excluding hydrogens is 487 g/mol. The minimum absolute atomic E-state index is 0.0407. The third-order valence-electron chi connectivity index (χ3n) is 5.15. The predicted octanol–water partition coefficient (Wildman–Crippen LogP) is 3.01. The van der Waals surface area contributed by atoms with E-state index in [-0.39, 0.29) is 23.5 Å². The quantitative estimate of drug-likeness (QED) is 0.134. The van der Waals surface area contributed by atoms with E-state index in [1.165, 1.54) is 18.2 Å². The maximum Gasteiger partial charge on any atom is 0.323 e. The van der Waals surface area contributed by atoms with Gasteiger partial charge < -0.3 is 15.6 Å². The van der Waals surface area contributed by atoms with Gasteiger partial charge in [-0.2, -0.15) is 19.1 Å². The van der Waals surface area contributed by atoms with Crippen LogP contribution < -0.4 is 16.3 Å². The zero-order valence-electron chi connectivity index (χ0n) is 18.4. The highest BCUT2D eigenvalue weighted by molar-refractivity contribution is 5.50. The van der Waals surface area contributed by atoms with Crippen molar-refractivity contribution in [3.8, 4) is 11.8 Å². The van der Waals surface area contributed by atoms with Crippen LogP contribution in [0.1, 0.15) is 22.4 Å². The Bertz CT molecular complexity index is 1300. The van der Waals surface area contributed by atoms with Gasteiger partial charge in [-0.1, -0.05) is 12.1 Å². The molecular formula is C23H19F5N6O2. The lowest BCUT2D eigenvalue weighted by molar-refractivity contribution is -0.208. The molecule has 1 atom stereocenters. The van der Waals surface area contributed by atoms with Crippen molar-refractivity contribution in [1.82, 2.24) is 10.1 Å². The number of nitrogens with zero attached hydrogens (tertiary/aromatic N) is 4. The first kappa shape index (κ1) is 26.3. The van der Waals surface area contributed by atoms with Gasteiger partial charge in [0.2, 0.25) is 0 Å². The summed E-state index contributed by atoms with van der Waals surface area (Å²) in [6.45, 7) is -1.49. The minimum atomic E-state index is -4.29. The predicted molar refractivity (Wildman–Crippen MR) is 117 cm³/mol. The van der Waals surface area contributed by atoms with Crippen LogP contribution in [-0.2, 0) is 18.1 Å². The molecule has 0 aliphatic rings. The van der Waals surface area contributed by atoms with Crippen molar-refractivity contribution in [3.63, 3.8) is 0 Å². The van der Waals surface area contributed by atoms with Crippen LogP contribution in [0, 0.1) is 28.8 Å². The van der Waals surface area contributed by atoms with E-state index in [1.54, 1.807) is 6.07 Å². The monoisotopic (exact) mass is 506 g/mol. The Kier molecular flexibility index (Phi) is 7.71. The lowest BCUT2D eigenvalue weighted by Crippen LogP contribution is -2.53. The Hall–Kier alpha value is -4.28. The van der Waals surface area contributed by atoms with Gasteiger partial charge >= 0.3 is 5.92 Å². The van der Waals surface area contributed by atoms with Crippen molar-refractivity contribution < 1.29 is 31.8 Å². The molecule has 0 aliphatic carbocycles. The molecule has 13 heteroatoms. The summed E-state index contributed by atoms with van der Waals surface area (Å²) in [7, 11) is 0. The molecule has 0 fully saturated rings. The number of rotatable bonds is 9. The van der Waals surface area contributed by atoms with Crippen LogP contribution in [0.5, 0.6) is 5.75 Å². The molecule has 0 spiro atoms. The number of alkyl halides is 2. The summed E-state index contributed by atoms with van der Waals surface area (Å²) in [6.07, 6.45) is 1.55. The second-order valence-electron chi connectivity index (χ2n) is 7.48. The Labute approximate surface area is 201 Å². The highest BCUT2D eigenvalue weighted by Gasteiger charge is 2.58. The molecule has 0 saturated carbocycles. The number of aromatic nitrogens is 1. The molecule has 0 amide bonds. The molecule has 1 heterocycles. The van der Waals surface area contributed by atoms with Crippen LogP contribution >= 0.6 is 0 Å². The second kappa shape index (κ2) is 10.5. The third kappa shape index (κ3) is 5.19. The number of hydrogen-bond donors (Lipinski definition) is 3. The number of aliphatic hydroxyl groups is 1. The van der Waals surface area contributed by atoms with Gasteiger partial charge in [0.25, 0.3) is 0 Å². The lowest BCUT2D eigenvalue weighted by Gasteiger charge is -2.37. The van der Waals surface area contributed by atoms with E-state index < -0.39 is 46.8 Å². The lowest BCUT2D eigenvalue weighted by atomic mass is 9.84. The number of nitrogens with two attached hydrogens (primary N) is 2.